The topological polar surface area (TPSA) is 33.6 Å². The number of fused-ring (bicyclic) bond motifs is 6. The van der Waals surface area contributed by atoms with Crippen molar-refractivity contribution in [3.05, 3.63) is 242 Å². The van der Waals surface area contributed by atoms with Crippen molar-refractivity contribution < 1.29 is 0 Å². The number of aryl methyl sites for hydroxylation is 1. The second-order valence-corrected chi connectivity index (χ2v) is 16.9. The van der Waals surface area contributed by atoms with Crippen LogP contribution < -0.4 is 0 Å². The summed E-state index contributed by atoms with van der Waals surface area (Å²) in [5.74, 6) is 0. The number of aromatic nitrogens is 2. The molecule has 0 spiro atoms. The molecule has 0 N–H and O–H groups in total. The first-order valence-corrected chi connectivity index (χ1v) is 22.1. The lowest BCUT2D eigenvalue weighted by Gasteiger charge is -2.20. The van der Waals surface area contributed by atoms with Crippen molar-refractivity contribution in [3.63, 3.8) is 0 Å². The van der Waals surface area contributed by atoms with Crippen LogP contribution in [0.2, 0.25) is 0 Å². The highest BCUT2D eigenvalue weighted by Crippen LogP contribution is 2.44. The van der Waals surface area contributed by atoms with Gasteiger partial charge in [0.25, 0.3) is 0 Å². The van der Waals surface area contributed by atoms with Crippen LogP contribution in [0.5, 0.6) is 0 Å². The van der Waals surface area contributed by atoms with Crippen molar-refractivity contribution in [2.75, 3.05) is 0 Å². The molecule has 65 heavy (non-hydrogen) atoms. The van der Waals surface area contributed by atoms with E-state index >= 15 is 0 Å². The van der Waals surface area contributed by atoms with E-state index in [9.17, 15) is 5.26 Å². The summed E-state index contributed by atoms with van der Waals surface area (Å²) in [4.78, 5) is 0. The van der Waals surface area contributed by atoms with Gasteiger partial charge in [0.1, 0.15) is 0 Å². The van der Waals surface area contributed by atoms with Crippen molar-refractivity contribution in [3.8, 4) is 73.1 Å². The molecule has 0 aliphatic heterocycles. The minimum Gasteiger partial charge on any atom is -0.307 e. The molecule has 3 nitrogen and oxygen atoms in total. The van der Waals surface area contributed by atoms with Gasteiger partial charge in [0.15, 0.2) is 0 Å². The summed E-state index contributed by atoms with van der Waals surface area (Å²) in [5, 5.41) is 14.8. The third-order valence-electron chi connectivity index (χ3n) is 13.1. The molecular formula is C62H41N3. The van der Waals surface area contributed by atoms with E-state index in [2.05, 4.69) is 234 Å². The largest absolute Gasteiger partial charge is 0.307 e. The first-order valence-electron chi connectivity index (χ1n) is 22.1. The van der Waals surface area contributed by atoms with Crippen LogP contribution in [-0.4, -0.2) is 9.13 Å². The minimum atomic E-state index is 0.636. The van der Waals surface area contributed by atoms with E-state index in [1.807, 2.05) is 18.2 Å². The zero-order chi connectivity index (χ0) is 43.4. The second-order valence-electron chi connectivity index (χ2n) is 16.9. The average molecular weight is 828 g/mol. The van der Waals surface area contributed by atoms with Crippen molar-refractivity contribution >= 4 is 43.6 Å². The Balaban J connectivity index is 1.20. The Bertz CT molecular complexity index is 3620. The Labute approximate surface area is 378 Å². The summed E-state index contributed by atoms with van der Waals surface area (Å²) in [5.41, 5.74) is 19.9. The zero-order valence-electron chi connectivity index (χ0n) is 35.8. The number of benzene rings is 10. The van der Waals surface area contributed by atoms with E-state index < -0.39 is 0 Å². The van der Waals surface area contributed by atoms with Gasteiger partial charge in [-0.05, 0) is 141 Å². The lowest BCUT2D eigenvalue weighted by molar-refractivity contribution is 1.09. The molecule has 0 amide bonds. The molecule has 0 saturated heterocycles. The number of hydrogen-bond donors (Lipinski definition) is 0. The van der Waals surface area contributed by atoms with Crippen molar-refractivity contribution in [1.82, 2.24) is 9.13 Å². The molecule has 0 unspecified atom stereocenters. The fourth-order valence-electron chi connectivity index (χ4n) is 9.91. The third kappa shape index (κ3) is 6.51. The molecule has 0 radical (unpaired) electrons. The van der Waals surface area contributed by atoms with E-state index in [0.29, 0.717) is 5.56 Å². The summed E-state index contributed by atoms with van der Waals surface area (Å²) in [6.45, 7) is 2.20. The van der Waals surface area contributed by atoms with E-state index in [0.717, 1.165) is 50.1 Å². The molecule has 304 valence electrons. The second kappa shape index (κ2) is 15.6. The maximum absolute atomic E-state index is 10.0. The summed E-state index contributed by atoms with van der Waals surface area (Å²) < 4.78 is 4.94. The lowest BCUT2D eigenvalue weighted by atomic mass is 9.97. The quantitative estimate of drug-likeness (QED) is 0.158. The molecule has 3 heteroatoms. The molecule has 12 aromatic rings. The van der Waals surface area contributed by atoms with Gasteiger partial charge >= 0.3 is 0 Å². The maximum Gasteiger partial charge on any atom is 0.0991 e. The third-order valence-corrected chi connectivity index (χ3v) is 13.1. The fraction of sp³-hybridized carbons (Fsp3) is 0.0161. The van der Waals surface area contributed by atoms with E-state index in [-0.39, 0.29) is 0 Å². The van der Waals surface area contributed by atoms with E-state index in [1.165, 1.54) is 66.1 Å². The van der Waals surface area contributed by atoms with Crippen LogP contribution in [0.1, 0.15) is 11.1 Å². The lowest BCUT2D eigenvalue weighted by Crippen LogP contribution is -2.05. The highest BCUT2D eigenvalue weighted by Gasteiger charge is 2.23. The Morgan fingerprint density at radius 3 is 1.00 bits per heavy atom. The predicted molar refractivity (Wildman–Crippen MR) is 272 cm³/mol. The molecule has 10 aromatic carbocycles. The number of hydrogen-bond acceptors (Lipinski definition) is 1. The van der Waals surface area contributed by atoms with Gasteiger partial charge in [-0.15, -0.1) is 0 Å². The van der Waals surface area contributed by atoms with Gasteiger partial charge in [-0.3, -0.25) is 0 Å². The molecule has 0 atom stereocenters. The van der Waals surface area contributed by atoms with Crippen molar-refractivity contribution in [2.45, 2.75) is 6.92 Å². The van der Waals surface area contributed by atoms with Gasteiger partial charge in [0.2, 0.25) is 0 Å². The fourth-order valence-corrected chi connectivity index (χ4v) is 9.91. The molecule has 2 aromatic heterocycles. The van der Waals surface area contributed by atoms with Gasteiger partial charge in [-0.25, -0.2) is 0 Å². The number of nitrogens with zero attached hydrogens (tertiary/aromatic N) is 3. The smallest absolute Gasteiger partial charge is 0.0991 e. The molecule has 0 aliphatic rings. The predicted octanol–water partition coefficient (Wildman–Crippen LogP) is 16.4. The SMILES string of the molecule is Cc1cc(-n2c3ccc(-c4ccccc4)cc3c3cc(-c4ccccc4)ccc32)c(-n2c3ccc(-c4ccccc4)cc3c3cc(-c4ccccc4)ccc32)cc1-c1cccc(C#N)c1. The van der Waals surface area contributed by atoms with Crippen LogP contribution in [0.3, 0.4) is 0 Å². The zero-order valence-corrected chi connectivity index (χ0v) is 35.8. The van der Waals surface area contributed by atoms with Gasteiger partial charge in [0, 0.05) is 21.5 Å². The van der Waals surface area contributed by atoms with Crippen LogP contribution >= 0.6 is 0 Å². The molecular weight excluding hydrogens is 787 g/mol. The average Bonchev–Trinajstić information content (AvgIpc) is 3.88. The molecule has 0 saturated carbocycles. The van der Waals surface area contributed by atoms with Gasteiger partial charge < -0.3 is 9.13 Å². The van der Waals surface area contributed by atoms with Crippen LogP contribution in [0.4, 0.5) is 0 Å². The highest BCUT2D eigenvalue weighted by atomic mass is 15.1. The van der Waals surface area contributed by atoms with E-state index in [4.69, 9.17) is 0 Å². The molecule has 0 fully saturated rings. The standard InChI is InChI=1S/C62H41N3/c1-41-33-61(64-57-29-25-47(43-16-6-2-7-17-43)35-53(57)54-36-48(26-30-58(54)64)44-18-8-3-9-19-44)62(39-52(41)51-24-14-15-42(34-51)40-63)65-59-31-27-49(45-20-10-4-11-21-45)37-55(59)56-38-50(28-32-60(56)65)46-22-12-5-13-23-46/h2-39H,1H3. The van der Waals surface area contributed by atoms with Crippen molar-refractivity contribution in [1.29, 1.82) is 5.26 Å². The van der Waals surface area contributed by atoms with Gasteiger partial charge in [-0.2, -0.15) is 5.26 Å². The van der Waals surface area contributed by atoms with Gasteiger partial charge in [0.05, 0.1) is 45.1 Å². The first-order chi connectivity index (χ1) is 32.1. The molecule has 2 heterocycles. The molecule has 12 rings (SSSR count). The molecule has 0 bridgehead atoms. The van der Waals surface area contributed by atoms with Gasteiger partial charge in [-0.1, -0.05) is 158 Å². The van der Waals surface area contributed by atoms with Crippen LogP contribution in [0.15, 0.2) is 231 Å². The highest BCUT2D eigenvalue weighted by molar-refractivity contribution is 6.14. The summed E-state index contributed by atoms with van der Waals surface area (Å²) in [6, 6.07) is 85.4. The normalized spacial score (nSPS) is 11.4. The van der Waals surface area contributed by atoms with Crippen LogP contribution in [0, 0.1) is 18.3 Å². The summed E-state index contributed by atoms with van der Waals surface area (Å²) in [7, 11) is 0. The number of rotatable bonds is 7. The minimum absolute atomic E-state index is 0.636. The Morgan fingerprint density at radius 1 is 0.308 bits per heavy atom. The monoisotopic (exact) mass is 827 g/mol. The number of nitriles is 1. The Kier molecular flexibility index (Phi) is 9.11. The summed E-state index contributed by atoms with van der Waals surface area (Å²) >= 11 is 0. The first kappa shape index (κ1) is 38.0. The maximum atomic E-state index is 10.0. The van der Waals surface area contributed by atoms with Crippen molar-refractivity contribution in [2.24, 2.45) is 0 Å². The Morgan fingerprint density at radius 2 is 0.646 bits per heavy atom. The Hall–Kier alpha value is -8.71. The summed E-state index contributed by atoms with van der Waals surface area (Å²) in [6.07, 6.45) is 0. The van der Waals surface area contributed by atoms with Crippen LogP contribution in [0.25, 0.3) is 111 Å². The molecule has 0 aliphatic carbocycles. The van der Waals surface area contributed by atoms with E-state index in [1.54, 1.807) is 0 Å². The van der Waals surface area contributed by atoms with Crippen LogP contribution in [-0.2, 0) is 0 Å².